The lowest BCUT2D eigenvalue weighted by Gasteiger charge is -2.03. The Labute approximate surface area is 123 Å². The maximum Gasteiger partial charge on any atom is 0.261 e. The van der Waals surface area contributed by atoms with Gasteiger partial charge in [0.1, 0.15) is 12.3 Å². The summed E-state index contributed by atoms with van der Waals surface area (Å²) in [6, 6.07) is 9.33. The Morgan fingerprint density at radius 3 is 2.90 bits per heavy atom. The third-order valence-corrected chi connectivity index (χ3v) is 2.89. The van der Waals surface area contributed by atoms with Crippen LogP contribution < -0.4 is 10.2 Å². The van der Waals surface area contributed by atoms with Gasteiger partial charge in [0.2, 0.25) is 0 Å². The molecule has 0 aliphatic heterocycles. The molecule has 1 aromatic carbocycles. The van der Waals surface area contributed by atoms with Gasteiger partial charge >= 0.3 is 0 Å². The highest BCUT2D eigenvalue weighted by Crippen LogP contribution is 2.10. The van der Waals surface area contributed by atoms with Crippen LogP contribution >= 0.6 is 0 Å². The molecule has 110 valence electrons. The molecular weight excluding hydrogens is 268 g/mol. The number of nitrogens with zero attached hydrogens (tertiary/aromatic N) is 3. The summed E-state index contributed by atoms with van der Waals surface area (Å²) in [4.78, 5) is 11.8. The van der Waals surface area contributed by atoms with Crippen LogP contribution in [0, 0.1) is 13.8 Å². The van der Waals surface area contributed by atoms with Gasteiger partial charge in [0, 0.05) is 5.69 Å². The summed E-state index contributed by atoms with van der Waals surface area (Å²) >= 11 is 0. The number of aryl methyl sites for hydroxylation is 2. The van der Waals surface area contributed by atoms with E-state index < -0.39 is 0 Å². The van der Waals surface area contributed by atoms with E-state index in [0.29, 0.717) is 0 Å². The van der Waals surface area contributed by atoms with Crippen LogP contribution in [0.4, 0.5) is 0 Å². The Bertz CT molecular complexity index is 661. The first-order chi connectivity index (χ1) is 10.1. The van der Waals surface area contributed by atoms with Gasteiger partial charge in [-0.25, -0.2) is 5.43 Å². The quantitative estimate of drug-likeness (QED) is 0.671. The van der Waals surface area contributed by atoms with E-state index in [4.69, 9.17) is 4.74 Å². The second-order valence-corrected chi connectivity index (χ2v) is 4.65. The number of rotatable bonds is 5. The molecule has 0 radical (unpaired) electrons. The molecule has 0 atom stereocenters. The maximum absolute atomic E-state index is 11.8. The number of hydrazone groups is 1. The van der Waals surface area contributed by atoms with Crippen LogP contribution in [0.2, 0.25) is 0 Å². The van der Waals surface area contributed by atoms with Crippen molar-refractivity contribution in [2.24, 2.45) is 5.10 Å². The predicted octanol–water partition coefficient (Wildman–Crippen LogP) is 1.66. The van der Waals surface area contributed by atoms with Crippen molar-refractivity contribution in [2.75, 3.05) is 7.11 Å². The van der Waals surface area contributed by atoms with Crippen LogP contribution in [0.3, 0.4) is 0 Å². The zero-order valence-corrected chi connectivity index (χ0v) is 12.3. The highest BCUT2D eigenvalue weighted by Gasteiger charge is 2.05. The lowest BCUT2D eigenvalue weighted by atomic mass is 10.2. The molecule has 1 N–H and O–H groups in total. The van der Waals surface area contributed by atoms with E-state index in [9.17, 15) is 4.79 Å². The Kier molecular flexibility index (Phi) is 4.71. The fourth-order valence-corrected chi connectivity index (χ4v) is 1.91. The molecule has 0 bridgehead atoms. The zero-order valence-electron chi connectivity index (χ0n) is 12.3. The van der Waals surface area contributed by atoms with Crippen LogP contribution in [-0.2, 0) is 11.3 Å². The van der Waals surface area contributed by atoms with Crippen LogP contribution in [0.15, 0.2) is 35.4 Å². The van der Waals surface area contributed by atoms with Gasteiger partial charge in [-0.15, -0.1) is 0 Å². The van der Waals surface area contributed by atoms with Crippen molar-refractivity contribution in [2.45, 2.75) is 20.4 Å². The monoisotopic (exact) mass is 286 g/mol. The minimum Gasteiger partial charge on any atom is -0.497 e. The first-order valence-corrected chi connectivity index (χ1v) is 6.55. The molecule has 0 aliphatic carbocycles. The largest absolute Gasteiger partial charge is 0.497 e. The van der Waals surface area contributed by atoms with E-state index in [-0.39, 0.29) is 12.5 Å². The number of benzene rings is 1. The molecule has 1 aromatic heterocycles. The third-order valence-electron chi connectivity index (χ3n) is 2.89. The van der Waals surface area contributed by atoms with Gasteiger partial charge in [0.15, 0.2) is 0 Å². The summed E-state index contributed by atoms with van der Waals surface area (Å²) < 4.78 is 6.76. The van der Waals surface area contributed by atoms with Gasteiger partial charge in [-0.3, -0.25) is 9.48 Å². The highest BCUT2D eigenvalue weighted by molar-refractivity contribution is 5.82. The molecule has 0 fully saturated rings. The van der Waals surface area contributed by atoms with Crippen molar-refractivity contribution < 1.29 is 9.53 Å². The topological polar surface area (TPSA) is 68.5 Å². The molecule has 0 aliphatic rings. The molecule has 6 heteroatoms. The standard InChI is InChI=1S/C15H18N4O2/c1-11-7-12(2)19(18-11)10-15(20)17-16-9-13-5-4-6-14(8-13)21-3/h4-9H,10H2,1-3H3,(H,17,20)/b16-9-. The fourth-order valence-electron chi connectivity index (χ4n) is 1.91. The van der Waals surface area contributed by atoms with Crippen LogP contribution in [0.1, 0.15) is 17.0 Å². The van der Waals surface area contributed by atoms with Crippen LogP contribution in [-0.4, -0.2) is 29.0 Å². The average Bonchev–Trinajstić information content (AvgIpc) is 2.77. The van der Waals surface area contributed by atoms with Crippen molar-refractivity contribution in [3.63, 3.8) is 0 Å². The normalized spacial score (nSPS) is 10.8. The van der Waals surface area contributed by atoms with Crippen molar-refractivity contribution >= 4 is 12.1 Å². The number of hydrogen-bond acceptors (Lipinski definition) is 4. The Morgan fingerprint density at radius 1 is 1.43 bits per heavy atom. The number of hydrogen-bond donors (Lipinski definition) is 1. The molecule has 1 heterocycles. The maximum atomic E-state index is 11.8. The number of carbonyl (C=O) groups is 1. The number of aromatic nitrogens is 2. The second kappa shape index (κ2) is 6.69. The van der Waals surface area contributed by atoms with Crippen molar-refractivity contribution in [3.8, 4) is 5.75 Å². The lowest BCUT2D eigenvalue weighted by molar-refractivity contribution is -0.121. The molecule has 1 amide bonds. The zero-order chi connectivity index (χ0) is 15.2. The molecule has 2 aromatic rings. The summed E-state index contributed by atoms with van der Waals surface area (Å²) in [6.07, 6.45) is 1.57. The van der Waals surface area contributed by atoms with Gasteiger partial charge < -0.3 is 4.74 Å². The summed E-state index contributed by atoms with van der Waals surface area (Å²) in [6.45, 7) is 3.95. The summed E-state index contributed by atoms with van der Waals surface area (Å²) in [5.41, 5.74) is 5.16. The van der Waals surface area contributed by atoms with E-state index in [0.717, 1.165) is 22.7 Å². The highest BCUT2D eigenvalue weighted by atomic mass is 16.5. The van der Waals surface area contributed by atoms with Crippen LogP contribution in [0.5, 0.6) is 5.75 Å². The SMILES string of the molecule is COc1cccc(/C=N\NC(=O)Cn2nc(C)cc2C)c1. The number of ether oxygens (including phenoxy) is 1. The molecular formula is C15H18N4O2. The van der Waals surface area contributed by atoms with Gasteiger partial charge in [-0.1, -0.05) is 12.1 Å². The molecule has 21 heavy (non-hydrogen) atoms. The molecule has 0 saturated heterocycles. The second-order valence-electron chi connectivity index (χ2n) is 4.65. The summed E-state index contributed by atoms with van der Waals surface area (Å²) in [7, 11) is 1.60. The summed E-state index contributed by atoms with van der Waals surface area (Å²) in [5.74, 6) is 0.522. The Balaban J connectivity index is 1.91. The van der Waals surface area contributed by atoms with E-state index >= 15 is 0 Å². The predicted molar refractivity (Wildman–Crippen MR) is 80.4 cm³/mol. The van der Waals surface area contributed by atoms with Gasteiger partial charge in [0.25, 0.3) is 5.91 Å². The van der Waals surface area contributed by atoms with Gasteiger partial charge in [0.05, 0.1) is 19.0 Å². The minimum absolute atomic E-state index is 0.148. The molecule has 2 rings (SSSR count). The molecule has 6 nitrogen and oxygen atoms in total. The lowest BCUT2D eigenvalue weighted by Crippen LogP contribution is -2.24. The molecule has 0 saturated carbocycles. The molecule has 0 spiro atoms. The first kappa shape index (κ1) is 14.8. The van der Waals surface area contributed by atoms with Gasteiger partial charge in [-0.05, 0) is 37.6 Å². The number of amides is 1. The van der Waals surface area contributed by atoms with Crippen molar-refractivity contribution in [3.05, 3.63) is 47.3 Å². The first-order valence-electron chi connectivity index (χ1n) is 6.55. The van der Waals surface area contributed by atoms with Crippen molar-refractivity contribution in [1.82, 2.24) is 15.2 Å². The Hall–Kier alpha value is -2.63. The van der Waals surface area contributed by atoms with E-state index in [1.165, 1.54) is 0 Å². The fraction of sp³-hybridized carbons (Fsp3) is 0.267. The molecule has 0 unspecified atom stereocenters. The smallest absolute Gasteiger partial charge is 0.261 e. The minimum atomic E-state index is -0.222. The van der Waals surface area contributed by atoms with Gasteiger partial charge in [-0.2, -0.15) is 10.2 Å². The van der Waals surface area contributed by atoms with E-state index in [1.54, 1.807) is 18.0 Å². The van der Waals surface area contributed by atoms with E-state index in [2.05, 4.69) is 15.6 Å². The Morgan fingerprint density at radius 2 is 2.24 bits per heavy atom. The van der Waals surface area contributed by atoms with Crippen molar-refractivity contribution in [1.29, 1.82) is 0 Å². The summed E-state index contributed by atoms with van der Waals surface area (Å²) in [5, 5.41) is 8.15. The average molecular weight is 286 g/mol. The van der Waals surface area contributed by atoms with Crippen LogP contribution in [0.25, 0.3) is 0 Å². The van der Waals surface area contributed by atoms with E-state index in [1.807, 2.05) is 44.2 Å². The number of nitrogens with one attached hydrogen (secondary N) is 1. The number of carbonyl (C=O) groups excluding carboxylic acids is 1. The number of methoxy groups -OCH3 is 1. The third kappa shape index (κ3) is 4.17.